The molecule has 0 amide bonds. The van der Waals surface area contributed by atoms with Crippen molar-refractivity contribution in [2.45, 2.75) is 13.8 Å². The van der Waals surface area contributed by atoms with Crippen molar-refractivity contribution >= 4 is 64.4 Å². The summed E-state index contributed by atoms with van der Waals surface area (Å²) in [6.07, 6.45) is 0. The Labute approximate surface area is 132 Å². The van der Waals surface area contributed by atoms with Gasteiger partial charge in [0.15, 0.2) is 10.9 Å². The quantitative estimate of drug-likeness (QED) is 0.416. The van der Waals surface area contributed by atoms with Crippen LogP contribution in [0, 0.1) is 13.8 Å². The second kappa shape index (κ2) is 3.83. The van der Waals surface area contributed by atoms with Gasteiger partial charge in [-0.25, -0.2) is 0 Å². The lowest BCUT2D eigenvalue weighted by molar-refractivity contribution is 1.59. The van der Waals surface area contributed by atoms with E-state index in [9.17, 15) is 9.59 Å². The molecular weight excluding hydrogens is 312 g/mol. The molecule has 0 aliphatic heterocycles. The fourth-order valence-electron chi connectivity index (χ4n) is 3.47. The predicted octanol–water partition coefficient (Wildman–Crippen LogP) is 4.64. The molecule has 2 nitrogen and oxygen atoms in total. The lowest BCUT2D eigenvalue weighted by Crippen LogP contribution is -1.96. The molecule has 106 valence electrons. The highest BCUT2D eigenvalue weighted by molar-refractivity contribution is 7.19. The number of benzene rings is 1. The number of rotatable bonds is 0. The summed E-state index contributed by atoms with van der Waals surface area (Å²) >= 11 is 3.18. The van der Waals surface area contributed by atoms with Crippen LogP contribution < -0.4 is 10.9 Å². The zero-order valence-electron chi connectivity index (χ0n) is 11.9. The van der Waals surface area contributed by atoms with Crippen molar-refractivity contribution in [2.75, 3.05) is 0 Å². The Morgan fingerprint density at radius 3 is 1.50 bits per heavy atom. The molecular formula is C18H10O2S2. The Kier molecular flexibility index (Phi) is 2.18. The standard InChI is InChI=1S/C18H10O2S2/c1-7-5-21-17-11-4-10-12(3-9(11)15(19)13(7)17)18-14(16(10)20)8(2)6-22-18/h3-6H,1-2H3. The highest BCUT2D eigenvalue weighted by Gasteiger charge is 2.19. The van der Waals surface area contributed by atoms with E-state index in [0.29, 0.717) is 0 Å². The van der Waals surface area contributed by atoms with Crippen molar-refractivity contribution in [2.24, 2.45) is 0 Å². The maximum atomic E-state index is 12.7. The van der Waals surface area contributed by atoms with Gasteiger partial charge in [-0.05, 0) is 47.9 Å². The van der Waals surface area contributed by atoms with Crippen LogP contribution in [-0.2, 0) is 0 Å². The summed E-state index contributed by atoms with van der Waals surface area (Å²) in [5.74, 6) is 0. The number of thiophene rings is 2. The van der Waals surface area contributed by atoms with Crippen LogP contribution >= 0.6 is 22.7 Å². The third-order valence-corrected chi connectivity index (χ3v) is 6.80. The lowest BCUT2D eigenvalue weighted by Gasteiger charge is -1.92. The lowest BCUT2D eigenvalue weighted by atomic mass is 10.1. The number of hydrogen-bond acceptors (Lipinski definition) is 4. The first kappa shape index (κ1) is 12.5. The molecule has 22 heavy (non-hydrogen) atoms. The number of hydrogen-bond donors (Lipinski definition) is 0. The second-order valence-corrected chi connectivity index (χ2v) is 7.61. The average molecular weight is 322 g/mol. The smallest absolute Gasteiger partial charge is 0.195 e. The first-order valence-corrected chi connectivity index (χ1v) is 8.78. The molecule has 0 atom stereocenters. The van der Waals surface area contributed by atoms with Crippen molar-refractivity contribution in [3.05, 3.63) is 54.5 Å². The third kappa shape index (κ3) is 1.26. The number of fused-ring (bicyclic) bond motifs is 6. The third-order valence-electron chi connectivity index (χ3n) is 4.54. The summed E-state index contributed by atoms with van der Waals surface area (Å²) in [7, 11) is 0. The molecule has 2 heterocycles. The predicted molar refractivity (Wildman–Crippen MR) is 96.6 cm³/mol. The highest BCUT2D eigenvalue weighted by Crippen LogP contribution is 2.37. The maximum absolute atomic E-state index is 12.7. The monoisotopic (exact) mass is 322 g/mol. The van der Waals surface area contributed by atoms with Crippen LogP contribution in [0.3, 0.4) is 0 Å². The molecule has 5 aromatic rings. The number of aryl methyl sites for hydroxylation is 2. The van der Waals surface area contributed by atoms with E-state index in [-0.39, 0.29) is 10.9 Å². The molecule has 3 aromatic carbocycles. The van der Waals surface area contributed by atoms with Gasteiger partial charge in [-0.15, -0.1) is 22.7 Å². The van der Waals surface area contributed by atoms with Gasteiger partial charge < -0.3 is 0 Å². The molecule has 0 aliphatic carbocycles. The molecule has 2 aromatic heterocycles. The Hall–Kier alpha value is -2.04. The van der Waals surface area contributed by atoms with E-state index in [4.69, 9.17) is 0 Å². The van der Waals surface area contributed by atoms with Gasteiger partial charge in [0.25, 0.3) is 0 Å². The van der Waals surface area contributed by atoms with Crippen LogP contribution in [0.5, 0.6) is 0 Å². The Balaban J connectivity index is 2.15. The molecule has 4 heteroatoms. The van der Waals surface area contributed by atoms with Crippen LogP contribution in [0.4, 0.5) is 0 Å². The van der Waals surface area contributed by atoms with Gasteiger partial charge in [-0.3, -0.25) is 9.59 Å². The summed E-state index contributed by atoms with van der Waals surface area (Å²) in [6, 6.07) is 3.86. The van der Waals surface area contributed by atoms with E-state index in [1.54, 1.807) is 22.7 Å². The Morgan fingerprint density at radius 2 is 1.09 bits per heavy atom. The van der Waals surface area contributed by atoms with Crippen LogP contribution in [-0.4, -0.2) is 0 Å². The van der Waals surface area contributed by atoms with Gasteiger partial charge in [-0.2, -0.15) is 0 Å². The van der Waals surface area contributed by atoms with Gasteiger partial charge in [0.1, 0.15) is 0 Å². The van der Waals surface area contributed by atoms with Crippen LogP contribution in [0.1, 0.15) is 11.1 Å². The van der Waals surface area contributed by atoms with Crippen LogP contribution in [0.2, 0.25) is 0 Å². The van der Waals surface area contributed by atoms with Crippen LogP contribution in [0.25, 0.3) is 41.7 Å². The minimum atomic E-state index is 0.0979. The van der Waals surface area contributed by atoms with E-state index >= 15 is 0 Å². The van der Waals surface area contributed by atoms with E-state index in [2.05, 4.69) is 0 Å². The zero-order valence-corrected chi connectivity index (χ0v) is 13.6. The summed E-state index contributed by atoms with van der Waals surface area (Å²) < 4.78 is 2.03. The van der Waals surface area contributed by atoms with E-state index < -0.39 is 0 Å². The molecule has 0 fully saturated rings. The van der Waals surface area contributed by atoms with Crippen molar-refractivity contribution in [1.82, 2.24) is 0 Å². The zero-order chi connectivity index (χ0) is 15.2. The normalized spacial score (nSPS) is 12.5. The van der Waals surface area contributed by atoms with Crippen molar-refractivity contribution in [3.63, 3.8) is 0 Å². The Bertz CT molecular complexity index is 1220. The first-order valence-electron chi connectivity index (χ1n) is 7.02. The molecule has 0 radical (unpaired) electrons. The van der Waals surface area contributed by atoms with Crippen molar-refractivity contribution in [3.8, 4) is 0 Å². The first-order chi connectivity index (χ1) is 10.6. The van der Waals surface area contributed by atoms with Gasteiger partial charge in [0, 0.05) is 41.7 Å². The van der Waals surface area contributed by atoms with E-state index in [0.717, 1.165) is 52.8 Å². The molecule has 5 rings (SSSR count). The minimum absolute atomic E-state index is 0.0979. The van der Waals surface area contributed by atoms with E-state index in [1.165, 1.54) is 0 Å². The topological polar surface area (TPSA) is 34.1 Å². The molecule has 0 saturated carbocycles. The van der Waals surface area contributed by atoms with Gasteiger partial charge in [0.05, 0.1) is 0 Å². The fraction of sp³-hybridized carbons (Fsp3) is 0.111. The van der Waals surface area contributed by atoms with Crippen molar-refractivity contribution < 1.29 is 0 Å². The SMILES string of the molecule is Cc1csc2c1c(=O)c1cc3c(cc12)c(=O)c1c(C)csc13. The van der Waals surface area contributed by atoms with Crippen molar-refractivity contribution in [1.29, 1.82) is 0 Å². The fourth-order valence-corrected chi connectivity index (χ4v) is 5.63. The second-order valence-electron chi connectivity index (χ2n) is 5.85. The maximum Gasteiger partial charge on any atom is 0.195 e. The highest BCUT2D eigenvalue weighted by atomic mass is 32.1. The minimum Gasteiger partial charge on any atom is -0.289 e. The molecule has 0 saturated heterocycles. The van der Waals surface area contributed by atoms with Gasteiger partial charge >= 0.3 is 0 Å². The summed E-state index contributed by atoms with van der Waals surface area (Å²) in [4.78, 5) is 25.4. The summed E-state index contributed by atoms with van der Waals surface area (Å²) in [5, 5.41) is 9.02. The molecule has 0 N–H and O–H groups in total. The molecule has 0 unspecified atom stereocenters. The van der Waals surface area contributed by atoms with Gasteiger partial charge in [0.2, 0.25) is 0 Å². The molecule has 0 aliphatic rings. The van der Waals surface area contributed by atoms with Gasteiger partial charge in [-0.1, -0.05) is 0 Å². The summed E-state index contributed by atoms with van der Waals surface area (Å²) in [5.41, 5.74) is 2.25. The molecule has 0 spiro atoms. The molecule has 0 bridgehead atoms. The van der Waals surface area contributed by atoms with E-state index in [1.807, 2.05) is 36.7 Å². The average Bonchev–Trinajstić information content (AvgIpc) is 3.19. The largest absolute Gasteiger partial charge is 0.289 e. The Morgan fingerprint density at radius 1 is 0.682 bits per heavy atom. The van der Waals surface area contributed by atoms with Crippen LogP contribution in [0.15, 0.2) is 32.5 Å². The summed E-state index contributed by atoms with van der Waals surface area (Å²) in [6.45, 7) is 3.94.